The number of fused-ring (bicyclic) bond motifs is 1. The molecule has 1 heterocycles. The van der Waals surface area contributed by atoms with Gasteiger partial charge in [0.1, 0.15) is 5.56 Å². The van der Waals surface area contributed by atoms with Crippen LogP contribution in [0.3, 0.4) is 0 Å². The summed E-state index contributed by atoms with van der Waals surface area (Å²) in [6, 6.07) is 6.79. The molecule has 0 aliphatic carbocycles. The summed E-state index contributed by atoms with van der Waals surface area (Å²) in [6.07, 6.45) is 0.848. The van der Waals surface area contributed by atoms with Crippen molar-refractivity contribution in [1.82, 2.24) is 5.32 Å². The van der Waals surface area contributed by atoms with Crippen molar-refractivity contribution < 1.29 is 18.8 Å². The summed E-state index contributed by atoms with van der Waals surface area (Å²) in [6.45, 7) is 1.48. The topological polar surface area (TPSA) is 73.0 Å². The highest BCUT2D eigenvalue weighted by Gasteiger charge is 2.15. The van der Waals surface area contributed by atoms with Gasteiger partial charge in [0.05, 0.1) is 27.7 Å². The van der Waals surface area contributed by atoms with E-state index in [9.17, 15) is 9.59 Å². The van der Waals surface area contributed by atoms with E-state index in [1.807, 2.05) is 14.1 Å². The normalized spacial score (nSPS) is 10.9. The van der Waals surface area contributed by atoms with E-state index >= 15 is 0 Å². The largest absolute Gasteiger partial charge is 0.493 e. The molecule has 0 bridgehead atoms. The number of methoxy groups -OCH3 is 1. The second-order valence-electron chi connectivity index (χ2n) is 5.39. The maximum absolute atomic E-state index is 12.1. The fourth-order valence-electron chi connectivity index (χ4n) is 2.18. The minimum atomic E-state index is -0.660. The monoisotopic (exact) mass is 305 g/mol. The SMILES string of the molecule is COc1cccc2cc(C(=O)NCCC[NH+](C)C)c(=O)oc12. The molecule has 6 heteroatoms. The molecule has 0 aliphatic rings. The number of hydrogen-bond donors (Lipinski definition) is 2. The Morgan fingerprint density at radius 3 is 2.82 bits per heavy atom. The third-order valence-electron chi connectivity index (χ3n) is 3.33. The lowest BCUT2D eigenvalue weighted by Crippen LogP contribution is -3.05. The molecule has 2 N–H and O–H groups in total. The summed E-state index contributed by atoms with van der Waals surface area (Å²) in [5.41, 5.74) is -0.298. The highest BCUT2D eigenvalue weighted by Crippen LogP contribution is 2.24. The van der Waals surface area contributed by atoms with Gasteiger partial charge in [-0.3, -0.25) is 4.79 Å². The lowest BCUT2D eigenvalue weighted by molar-refractivity contribution is -0.858. The van der Waals surface area contributed by atoms with Gasteiger partial charge in [0, 0.05) is 18.4 Å². The summed E-state index contributed by atoms with van der Waals surface area (Å²) in [5, 5.41) is 3.40. The number of carbonyl (C=O) groups is 1. The van der Waals surface area contributed by atoms with Gasteiger partial charge in [-0.25, -0.2) is 4.79 Å². The van der Waals surface area contributed by atoms with Gasteiger partial charge in [-0.05, 0) is 12.1 Å². The third kappa shape index (κ3) is 3.65. The molecule has 0 radical (unpaired) electrons. The van der Waals surface area contributed by atoms with Crippen LogP contribution < -0.4 is 20.6 Å². The summed E-state index contributed by atoms with van der Waals surface area (Å²) in [7, 11) is 5.60. The van der Waals surface area contributed by atoms with Crippen molar-refractivity contribution in [3.05, 3.63) is 40.2 Å². The number of nitrogens with one attached hydrogen (secondary N) is 2. The van der Waals surface area contributed by atoms with Crippen LogP contribution >= 0.6 is 0 Å². The van der Waals surface area contributed by atoms with Crippen molar-refractivity contribution >= 4 is 16.9 Å². The number of para-hydroxylation sites is 1. The zero-order valence-electron chi connectivity index (χ0n) is 13.1. The second kappa shape index (κ2) is 7.09. The third-order valence-corrected chi connectivity index (χ3v) is 3.33. The van der Waals surface area contributed by atoms with Crippen LogP contribution in [0.5, 0.6) is 5.75 Å². The van der Waals surface area contributed by atoms with Gasteiger partial charge < -0.3 is 19.4 Å². The number of benzene rings is 1. The Morgan fingerprint density at radius 1 is 1.36 bits per heavy atom. The van der Waals surface area contributed by atoms with E-state index < -0.39 is 11.5 Å². The van der Waals surface area contributed by atoms with Gasteiger partial charge in [-0.15, -0.1) is 0 Å². The summed E-state index contributed by atoms with van der Waals surface area (Å²) in [5.74, 6) is 0.0581. The number of rotatable bonds is 6. The van der Waals surface area contributed by atoms with Crippen molar-refractivity contribution in [3.63, 3.8) is 0 Å². The fourth-order valence-corrected chi connectivity index (χ4v) is 2.18. The molecule has 0 saturated carbocycles. The molecule has 0 unspecified atom stereocenters. The highest BCUT2D eigenvalue weighted by molar-refractivity contribution is 5.97. The van der Waals surface area contributed by atoms with Crippen LogP contribution in [0.25, 0.3) is 11.0 Å². The van der Waals surface area contributed by atoms with E-state index in [1.165, 1.54) is 18.1 Å². The van der Waals surface area contributed by atoms with Crippen LogP contribution in [-0.2, 0) is 0 Å². The molecule has 118 valence electrons. The summed E-state index contributed by atoms with van der Waals surface area (Å²) in [4.78, 5) is 25.4. The first-order valence-electron chi connectivity index (χ1n) is 7.21. The maximum Gasteiger partial charge on any atom is 0.349 e. The van der Waals surface area contributed by atoms with E-state index in [0.29, 0.717) is 23.3 Å². The maximum atomic E-state index is 12.1. The number of carbonyl (C=O) groups excluding carboxylic acids is 1. The quantitative estimate of drug-likeness (QED) is 0.585. The fraction of sp³-hybridized carbons (Fsp3) is 0.375. The number of ether oxygens (including phenoxy) is 1. The van der Waals surface area contributed by atoms with Gasteiger partial charge >= 0.3 is 5.63 Å². The van der Waals surface area contributed by atoms with Crippen LogP contribution in [0.1, 0.15) is 16.8 Å². The van der Waals surface area contributed by atoms with E-state index in [0.717, 1.165) is 13.0 Å². The Hall–Kier alpha value is -2.34. The Bertz CT molecular complexity index is 722. The van der Waals surface area contributed by atoms with Gasteiger partial charge in [-0.1, -0.05) is 12.1 Å². The summed E-state index contributed by atoms with van der Waals surface area (Å²) >= 11 is 0. The number of amides is 1. The molecule has 0 atom stereocenters. The first-order valence-corrected chi connectivity index (χ1v) is 7.21. The highest BCUT2D eigenvalue weighted by atomic mass is 16.5. The van der Waals surface area contributed by atoms with Crippen molar-refractivity contribution in [1.29, 1.82) is 0 Å². The molecule has 1 aromatic carbocycles. The number of hydrogen-bond acceptors (Lipinski definition) is 4. The van der Waals surface area contributed by atoms with Crippen LogP contribution in [0.4, 0.5) is 0 Å². The molecular formula is C16H21N2O4+. The van der Waals surface area contributed by atoms with Crippen LogP contribution in [-0.4, -0.2) is 40.2 Å². The first-order chi connectivity index (χ1) is 10.5. The molecule has 2 aromatic rings. The Balaban J connectivity index is 2.19. The molecule has 0 fully saturated rings. The Morgan fingerprint density at radius 2 is 2.14 bits per heavy atom. The standard InChI is InChI=1S/C16H20N2O4/c1-18(2)9-5-8-17-15(19)12-10-11-6-4-7-13(21-3)14(11)22-16(12)20/h4,6-7,10H,5,8-9H2,1-3H3,(H,17,19)/p+1. The van der Waals surface area contributed by atoms with E-state index in [-0.39, 0.29) is 5.56 Å². The minimum absolute atomic E-state index is 0.0120. The predicted octanol–water partition coefficient (Wildman–Crippen LogP) is 0.0660. The number of quaternary nitrogens is 1. The molecule has 1 aromatic heterocycles. The Kier molecular flexibility index (Phi) is 5.16. The molecule has 0 saturated heterocycles. The van der Waals surface area contributed by atoms with Gasteiger partial charge in [0.25, 0.3) is 5.91 Å². The molecule has 0 aliphatic heterocycles. The average molecular weight is 305 g/mol. The molecule has 22 heavy (non-hydrogen) atoms. The van der Waals surface area contributed by atoms with Crippen molar-refractivity contribution in [3.8, 4) is 5.75 Å². The van der Waals surface area contributed by atoms with Crippen molar-refractivity contribution in [2.24, 2.45) is 0 Å². The second-order valence-corrected chi connectivity index (χ2v) is 5.39. The van der Waals surface area contributed by atoms with E-state index in [2.05, 4.69) is 5.32 Å². The zero-order valence-corrected chi connectivity index (χ0v) is 13.1. The zero-order chi connectivity index (χ0) is 16.1. The molecule has 1 amide bonds. The van der Waals surface area contributed by atoms with E-state index in [4.69, 9.17) is 9.15 Å². The molecule has 0 spiro atoms. The molecule has 2 rings (SSSR count). The lowest BCUT2D eigenvalue weighted by atomic mass is 10.1. The molecular weight excluding hydrogens is 284 g/mol. The van der Waals surface area contributed by atoms with Gasteiger partial charge in [0.15, 0.2) is 11.3 Å². The van der Waals surface area contributed by atoms with Gasteiger partial charge in [0.2, 0.25) is 0 Å². The van der Waals surface area contributed by atoms with Crippen molar-refractivity contribution in [2.45, 2.75) is 6.42 Å². The molecule has 6 nitrogen and oxygen atoms in total. The Labute approximate surface area is 128 Å². The van der Waals surface area contributed by atoms with Crippen LogP contribution in [0.2, 0.25) is 0 Å². The predicted molar refractivity (Wildman–Crippen MR) is 83.7 cm³/mol. The van der Waals surface area contributed by atoms with Crippen LogP contribution in [0.15, 0.2) is 33.5 Å². The summed E-state index contributed by atoms with van der Waals surface area (Å²) < 4.78 is 10.4. The average Bonchev–Trinajstić information content (AvgIpc) is 2.50. The minimum Gasteiger partial charge on any atom is -0.493 e. The first kappa shape index (κ1) is 16.0. The van der Waals surface area contributed by atoms with Gasteiger partial charge in [-0.2, -0.15) is 0 Å². The lowest BCUT2D eigenvalue weighted by Gasteiger charge is -2.08. The smallest absolute Gasteiger partial charge is 0.349 e. The van der Waals surface area contributed by atoms with E-state index in [1.54, 1.807) is 18.2 Å². The van der Waals surface area contributed by atoms with Crippen LogP contribution in [0, 0.1) is 0 Å². The van der Waals surface area contributed by atoms with Crippen molar-refractivity contribution in [2.75, 3.05) is 34.3 Å².